The van der Waals surface area contributed by atoms with E-state index in [9.17, 15) is 4.79 Å². The molecule has 2 aromatic carbocycles. The van der Waals surface area contributed by atoms with Crippen LogP contribution in [0.4, 0.5) is 0 Å². The molecule has 1 aliphatic carbocycles. The zero-order valence-electron chi connectivity index (χ0n) is 21.4. The molecule has 186 valence electrons. The molecule has 0 unspecified atom stereocenters. The number of likely N-dealkylation sites (tertiary alicyclic amines) is 1. The molecule has 2 aromatic rings. The summed E-state index contributed by atoms with van der Waals surface area (Å²) in [5.74, 6) is 0.171. The summed E-state index contributed by atoms with van der Waals surface area (Å²) in [7, 11) is 0. The van der Waals surface area contributed by atoms with Gasteiger partial charge in [0, 0.05) is 70.0 Å². The smallest absolute Gasteiger partial charge is 0.253 e. The van der Waals surface area contributed by atoms with Crippen molar-refractivity contribution in [3.05, 3.63) is 70.8 Å². The summed E-state index contributed by atoms with van der Waals surface area (Å²) in [5, 5.41) is 3.76. The second-order valence-electron chi connectivity index (χ2n) is 10.6. The highest BCUT2D eigenvalue weighted by molar-refractivity contribution is 5.96. The van der Waals surface area contributed by atoms with E-state index in [2.05, 4.69) is 71.4 Å². The molecule has 5 rings (SSSR count). The van der Waals surface area contributed by atoms with Gasteiger partial charge < -0.3 is 10.2 Å². The predicted molar refractivity (Wildman–Crippen MR) is 145 cm³/mol. The van der Waals surface area contributed by atoms with E-state index in [0.717, 1.165) is 56.6 Å². The summed E-state index contributed by atoms with van der Waals surface area (Å²) in [6.07, 6.45) is 5.28. The van der Waals surface area contributed by atoms with Gasteiger partial charge in [0.25, 0.3) is 5.91 Å². The molecule has 0 aromatic heterocycles. The van der Waals surface area contributed by atoms with E-state index in [0.29, 0.717) is 12.1 Å². The Morgan fingerprint density at radius 3 is 2.49 bits per heavy atom. The number of amides is 1. The van der Waals surface area contributed by atoms with Crippen LogP contribution >= 0.6 is 0 Å². The average molecular weight is 473 g/mol. The van der Waals surface area contributed by atoms with Gasteiger partial charge in [0.2, 0.25) is 0 Å². The Balaban J connectivity index is 1.07. The SMILES string of the molecule is CC(C)N1CCN(CCNC2CCN(C(=O)c3cccc(C4=Cc5ccccc5C4)c3)CC2)CC1. The summed E-state index contributed by atoms with van der Waals surface area (Å²) in [5.41, 5.74) is 5.94. The van der Waals surface area contributed by atoms with Crippen LogP contribution in [0.2, 0.25) is 0 Å². The predicted octanol–water partition coefficient (Wildman–Crippen LogP) is 4.00. The molecule has 1 amide bonds. The third-order valence-electron chi connectivity index (χ3n) is 8.03. The Hall–Kier alpha value is -2.47. The van der Waals surface area contributed by atoms with E-state index >= 15 is 0 Å². The molecular formula is C30H40N4O. The van der Waals surface area contributed by atoms with E-state index in [1.807, 2.05) is 17.0 Å². The molecule has 2 heterocycles. The highest BCUT2D eigenvalue weighted by atomic mass is 16.2. The maximum atomic E-state index is 13.3. The summed E-state index contributed by atoms with van der Waals surface area (Å²) in [4.78, 5) is 20.4. The van der Waals surface area contributed by atoms with E-state index in [-0.39, 0.29) is 5.91 Å². The van der Waals surface area contributed by atoms with Crippen LogP contribution in [0, 0.1) is 0 Å². The first-order chi connectivity index (χ1) is 17.1. The van der Waals surface area contributed by atoms with Crippen LogP contribution in [0.1, 0.15) is 53.7 Å². The lowest BCUT2D eigenvalue weighted by molar-refractivity contribution is 0.0702. The number of allylic oxidation sites excluding steroid dienone is 1. The minimum Gasteiger partial charge on any atom is -0.339 e. The number of nitrogens with one attached hydrogen (secondary N) is 1. The maximum absolute atomic E-state index is 13.3. The van der Waals surface area contributed by atoms with Crippen molar-refractivity contribution in [2.45, 2.75) is 45.2 Å². The van der Waals surface area contributed by atoms with E-state index in [1.54, 1.807) is 0 Å². The van der Waals surface area contributed by atoms with Gasteiger partial charge in [-0.2, -0.15) is 0 Å². The molecule has 5 heteroatoms. The quantitative estimate of drug-likeness (QED) is 0.661. The number of rotatable bonds is 7. The van der Waals surface area contributed by atoms with Crippen molar-refractivity contribution in [2.24, 2.45) is 0 Å². The number of carbonyl (C=O) groups excluding carboxylic acids is 1. The number of fused-ring (bicyclic) bond motifs is 1. The minimum absolute atomic E-state index is 0.171. The monoisotopic (exact) mass is 472 g/mol. The molecule has 0 spiro atoms. The van der Waals surface area contributed by atoms with Crippen molar-refractivity contribution in [1.29, 1.82) is 0 Å². The molecule has 0 saturated carbocycles. The van der Waals surface area contributed by atoms with E-state index in [1.165, 1.54) is 42.9 Å². The van der Waals surface area contributed by atoms with Crippen molar-refractivity contribution < 1.29 is 4.79 Å². The number of benzene rings is 2. The van der Waals surface area contributed by atoms with Gasteiger partial charge in [0.15, 0.2) is 0 Å². The first-order valence-electron chi connectivity index (χ1n) is 13.4. The van der Waals surface area contributed by atoms with Gasteiger partial charge >= 0.3 is 0 Å². The van der Waals surface area contributed by atoms with Crippen LogP contribution in [-0.2, 0) is 6.42 Å². The second-order valence-corrected chi connectivity index (χ2v) is 10.6. The Labute approximate surface area is 210 Å². The molecule has 3 aliphatic rings. The highest BCUT2D eigenvalue weighted by Gasteiger charge is 2.25. The summed E-state index contributed by atoms with van der Waals surface area (Å²) in [6.45, 7) is 13.1. The normalized spacial score (nSPS) is 19.7. The van der Waals surface area contributed by atoms with E-state index < -0.39 is 0 Å². The summed E-state index contributed by atoms with van der Waals surface area (Å²) in [6, 6.07) is 17.9. The van der Waals surface area contributed by atoms with Crippen LogP contribution in [0.25, 0.3) is 11.6 Å². The molecule has 5 nitrogen and oxygen atoms in total. The molecule has 2 fully saturated rings. The van der Waals surface area contributed by atoms with Gasteiger partial charge in [-0.15, -0.1) is 0 Å². The third-order valence-corrected chi connectivity index (χ3v) is 8.03. The molecule has 1 N–H and O–H groups in total. The van der Waals surface area contributed by atoms with Crippen LogP contribution in [0.5, 0.6) is 0 Å². The van der Waals surface area contributed by atoms with Crippen LogP contribution in [-0.4, -0.2) is 85.0 Å². The number of nitrogens with zero attached hydrogens (tertiary/aromatic N) is 3. The van der Waals surface area contributed by atoms with Gasteiger partial charge in [-0.1, -0.05) is 42.5 Å². The minimum atomic E-state index is 0.171. The molecule has 35 heavy (non-hydrogen) atoms. The Morgan fingerprint density at radius 1 is 0.971 bits per heavy atom. The van der Waals surface area contributed by atoms with Gasteiger partial charge in [-0.3, -0.25) is 14.6 Å². The lowest BCUT2D eigenvalue weighted by Crippen LogP contribution is -2.51. The molecule has 0 atom stereocenters. The summed E-state index contributed by atoms with van der Waals surface area (Å²) < 4.78 is 0. The van der Waals surface area contributed by atoms with Crippen molar-refractivity contribution in [1.82, 2.24) is 20.0 Å². The first-order valence-corrected chi connectivity index (χ1v) is 13.4. The van der Waals surface area contributed by atoms with Crippen molar-refractivity contribution in [3.8, 4) is 0 Å². The Kier molecular flexibility index (Phi) is 7.66. The number of piperidine rings is 1. The van der Waals surface area contributed by atoms with Crippen molar-refractivity contribution >= 4 is 17.6 Å². The molecular weight excluding hydrogens is 432 g/mol. The lowest BCUT2D eigenvalue weighted by Gasteiger charge is -2.37. The van der Waals surface area contributed by atoms with Crippen LogP contribution in [0.3, 0.4) is 0 Å². The van der Waals surface area contributed by atoms with Crippen LogP contribution < -0.4 is 5.32 Å². The zero-order valence-corrected chi connectivity index (χ0v) is 21.4. The van der Waals surface area contributed by atoms with Gasteiger partial charge in [-0.05, 0) is 67.5 Å². The standard InChI is InChI=1S/C30H40N4O/c1-23(2)33-18-16-32(17-19-33)15-12-31-29-10-13-34(14-11-29)30(35)27-9-5-8-26(20-27)28-21-24-6-3-4-7-25(24)22-28/h3-9,20-21,23,29,31H,10-19,22H2,1-2H3. The second kappa shape index (κ2) is 11.1. The molecule has 0 bridgehead atoms. The van der Waals surface area contributed by atoms with E-state index in [4.69, 9.17) is 0 Å². The topological polar surface area (TPSA) is 38.8 Å². The van der Waals surface area contributed by atoms with Crippen molar-refractivity contribution in [2.75, 3.05) is 52.4 Å². The number of carbonyl (C=O) groups is 1. The number of hydrogen-bond donors (Lipinski definition) is 1. The fourth-order valence-corrected chi connectivity index (χ4v) is 5.72. The fraction of sp³-hybridized carbons (Fsp3) is 0.500. The number of piperazine rings is 1. The number of hydrogen-bond acceptors (Lipinski definition) is 4. The van der Waals surface area contributed by atoms with Gasteiger partial charge in [0.05, 0.1) is 0 Å². The zero-order chi connectivity index (χ0) is 24.2. The fourth-order valence-electron chi connectivity index (χ4n) is 5.72. The average Bonchev–Trinajstić information content (AvgIpc) is 3.34. The lowest BCUT2D eigenvalue weighted by atomic mass is 9.99. The maximum Gasteiger partial charge on any atom is 0.253 e. The Morgan fingerprint density at radius 2 is 1.74 bits per heavy atom. The largest absolute Gasteiger partial charge is 0.339 e. The molecule has 2 saturated heterocycles. The van der Waals surface area contributed by atoms with Crippen molar-refractivity contribution in [3.63, 3.8) is 0 Å². The first kappa shape index (κ1) is 24.2. The Bertz CT molecular complexity index is 1050. The van der Waals surface area contributed by atoms with Gasteiger partial charge in [0.1, 0.15) is 0 Å². The van der Waals surface area contributed by atoms with Crippen LogP contribution in [0.15, 0.2) is 48.5 Å². The van der Waals surface area contributed by atoms with Gasteiger partial charge in [-0.25, -0.2) is 0 Å². The summed E-state index contributed by atoms with van der Waals surface area (Å²) >= 11 is 0. The third kappa shape index (κ3) is 5.85. The highest BCUT2D eigenvalue weighted by Crippen LogP contribution is 2.31. The molecule has 2 aliphatic heterocycles. The molecule has 0 radical (unpaired) electrons.